The summed E-state index contributed by atoms with van der Waals surface area (Å²) in [6.45, 7) is 8.71. The maximum absolute atomic E-state index is 5.65. The van der Waals surface area contributed by atoms with E-state index in [9.17, 15) is 0 Å². The van der Waals surface area contributed by atoms with E-state index in [-0.39, 0.29) is 6.10 Å². The monoisotopic (exact) mass is 301 g/mol. The van der Waals surface area contributed by atoms with Crippen molar-refractivity contribution >= 4 is 0 Å². The van der Waals surface area contributed by atoms with Crippen LogP contribution in [0.2, 0.25) is 0 Å². The molecule has 1 saturated heterocycles. The summed E-state index contributed by atoms with van der Waals surface area (Å²) in [4.78, 5) is 6.85. The van der Waals surface area contributed by atoms with Gasteiger partial charge >= 0.3 is 0 Å². The minimum Gasteiger partial charge on any atom is -0.376 e. The van der Waals surface area contributed by atoms with Crippen molar-refractivity contribution in [3.05, 3.63) is 35.7 Å². The van der Waals surface area contributed by atoms with Gasteiger partial charge < -0.3 is 9.26 Å². The molecule has 5 nitrogen and oxygen atoms in total. The fraction of sp³-hybridized carbons (Fsp3) is 0.529. The highest BCUT2D eigenvalue weighted by Crippen LogP contribution is 2.19. The maximum Gasteiger partial charge on any atom is 0.241 e. The van der Waals surface area contributed by atoms with Crippen molar-refractivity contribution in [3.63, 3.8) is 0 Å². The first kappa shape index (κ1) is 15.2. The molecule has 3 rings (SSSR count). The number of aromatic nitrogens is 2. The minimum atomic E-state index is 0.250. The van der Waals surface area contributed by atoms with Crippen molar-refractivity contribution in [1.82, 2.24) is 15.0 Å². The Bertz CT molecular complexity index is 609. The van der Waals surface area contributed by atoms with Crippen LogP contribution in [0, 0.1) is 0 Å². The number of ether oxygens (including phenoxy) is 1. The molecule has 1 aliphatic rings. The number of hydrogen-bond donors (Lipinski definition) is 0. The van der Waals surface area contributed by atoms with Crippen LogP contribution in [0.3, 0.4) is 0 Å². The Morgan fingerprint density at radius 3 is 2.73 bits per heavy atom. The Hall–Kier alpha value is -1.72. The van der Waals surface area contributed by atoms with Gasteiger partial charge in [-0.15, -0.1) is 0 Å². The molecular weight excluding hydrogens is 278 g/mol. The molecule has 1 fully saturated rings. The van der Waals surface area contributed by atoms with Crippen LogP contribution in [0.5, 0.6) is 0 Å². The van der Waals surface area contributed by atoms with Gasteiger partial charge in [0.15, 0.2) is 0 Å². The number of morpholine rings is 1. The first-order valence-corrected chi connectivity index (χ1v) is 7.93. The average molecular weight is 301 g/mol. The highest BCUT2D eigenvalue weighted by Gasteiger charge is 2.25. The molecule has 2 unspecified atom stereocenters. The smallest absolute Gasteiger partial charge is 0.241 e. The molecule has 0 amide bonds. The molecule has 0 aliphatic carbocycles. The predicted octanol–water partition coefficient (Wildman–Crippen LogP) is 2.91. The van der Waals surface area contributed by atoms with E-state index in [1.807, 2.05) is 12.1 Å². The van der Waals surface area contributed by atoms with Crippen LogP contribution >= 0.6 is 0 Å². The number of hydrogen-bond acceptors (Lipinski definition) is 5. The molecule has 1 aromatic carbocycles. The zero-order chi connectivity index (χ0) is 15.5. The lowest BCUT2D eigenvalue weighted by molar-refractivity contribution is -0.0555. The van der Waals surface area contributed by atoms with Gasteiger partial charge in [-0.1, -0.05) is 36.3 Å². The van der Waals surface area contributed by atoms with Crippen LogP contribution in [0.25, 0.3) is 11.4 Å². The van der Waals surface area contributed by atoms with E-state index < -0.39 is 0 Å². The summed E-state index contributed by atoms with van der Waals surface area (Å²) in [6.07, 6.45) is 1.28. The van der Waals surface area contributed by atoms with E-state index in [2.05, 4.69) is 47.9 Å². The normalized spacial score (nSPS) is 22.9. The molecule has 0 N–H and O–H groups in total. The highest BCUT2D eigenvalue weighted by atomic mass is 16.5. The zero-order valence-corrected chi connectivity index (χ0v) is 13.5. The van der Waals surface area contributed by atoms with Crippen molar-refractivity contribution in [2.45, 2.75) is 45.9 Å². The maximum atomic E-state index is 5.65. The molecule has 2 aromatic rings. The first-order chi connectivity index (χ1) is 10.7. The Balaban J connectivity index is 1.70. The van der Waals surface area contributed by atoms with Gasteiger partial charge in [0.05, 0.1) is 19.3 Å². The summed E-state index contributed by atoms with van der Waals surface area (Å²) in [5.41, 5.74) is 2.30. The van der Waals surface area contributed by atoms with Crippen LogP contribution in [0.1, 0.15) is 32.2 Å². The summed E-state index contributed by atoms with van der Waals surface area (Å²) in [7, 11) is 0. The van der Waals surface area contributed by atoms with Crippen LogP contribution < -0.4 is 0 Å². The van der Waals surface area contributed by atoms with Crippen molar-refractivity contribution in [2.75, 3.05) is 13.2 Å². The Morgan fingerprint density at radius 2 is 2.00 bits per heavy atom. The standard InChI is InChI=1S/C17H23N3O2/c1-4-14-5-7-15(8-6-14)17-18-16(22-19-17)10-20-9-13(3)21-11-12(20)2/h5-8,12-13H,4,9-11H2,1-3H3. The highest BCUT2D eigenvalue weighted by molar-refractivity contribution is 5.54. The average Bonchev–Trinajstić information content (AvgIpc) is 2.99. The molecule has 2 atom stereocenters. The number of nitrogens with zero attached hydrogens (tertiary/aromatic N) is 3. The lowest BCUT2D eigenvalue weighted by Gasteiger charge is -2.35. The third-order valence-electron chi connectivity index (χ3n) is 4.16. The topological polar surface area (TPSA) is 51.4 Å². The second-order valence-corrected chi connectivity index (χ2v) is 5.98. The van der Waals surface area contributed by atoms with Crippen LogP contribution in [-0.2, 0) is 17.7 Å². The van der Waals surface area contributed by atoms with Crippen LogP contribution in [0.4, 0.5) is 0 Å². The summed E-state index contributed by atoms with van der Waals surface area (Å²) in [5.74, 6) is 1.32. The molecule has 118 valence electrons. The predicted molar refractivity (Wildman–Crippen MR) is 84.4 cm³/mol. The Kier molecular flexibility index (Phi) is 4.55. The third-order valence-corrected chi connectivity index (χ3v) is 4.16. The molecule has 2 heterocycles. The van der Waals surface area contributed by atoms with Crippen LogP contribution in [0.15, 0.2) is 28.8 Å². The van der Waals surface area contributed by atoms with Gasteiger partial charge in [-0.2, -0.15) is 4.98 Å². The fourth-order valence-corrected chi connectivity index (χ4v) is 2.69. The quantitative estimate of drug-likeness (QED) is 0.869. The van der Waals surface area contributed by atoms with Gasteiger partial charge in [0.25, 0.3) is 0 Å². The van der Waals surface area contributed by atoms with E-state index in [0.717, 1.165) is 25.1 Å². The van der Waals surface area contributed by atoms with Crippen molar-refractivity contribution in [2.24, 2.45) is 0 Å². The molecule has 1 aromatic heterocycles. The molecule has 5 heteroatoms. The summed E-state index contributed by atoms with van der Waals surface area (Å²) < 4.78 is 11.1. The minimum absolute atomic E-state index is 0.250. The van der Waals surface area contributed by atoms with Gasteiger partial charge in [-0.25, -0.2) is 0 Å². The first-order valence-electron chi connectivity index (χ1n) is 7.93. The second kappa shape index (κ2) is 6.58. The Morgan fingerprint density at radius 1 is 1.23 bits per heavy atom. The van der Waals surface area contributed by atoms with E-state index >= 15 is 0 Å². The molecule has 0 saturated carbocycles. The molecule has 1 aliphatic heterocycles. The van der Waals surface area contributed by atoms with E-state index in [1.54, 1.807) is 0 Å². The summed E-state index contributed by atoms with van der Waals surface area (Å²) in [5, 5.41) is 4.11. The van der Waals surface area contributed by atoms with E-state index in [4.69, 9.17) is 9.26 Å². The lowest BCUT2D eigenvalue weighted by atomic mass is 10.1. The van der Waals surface area contributed by atoms with Gasteiger partial charge in [0.1, 0.15) is 0 Å². The van der Waals surface area contributed by atoms with Crippen molar-refractivity contribution in [1.29, 1.82) is 0 Å². The summed E-state index contributed by atoms with van der Waals surface area (Å²) >= 11 is 0. The van der Waals surface area contributed by atoms with Crippen molar-refractivity contribution in [3.8, 4) is 11.4 Å². The summed E-state index contributed by atoms with van der Waals surface area (Å²) in [6, 6.07) is 8.68. The van der Waals surface area contributed by atoms with Gasteiger partial charge in [0.2, 0.25) is 11.7 Å². The SMILES string of the molecule is CCc1ccc(-c2noc(CN3CC(C)OCC3C)n2)cc1. The number of rotatable bonds is 4. The van der Waals surface area contributed by atoms with Crippen molar-refractivity contribution < 1.29 is 9.26 Å². The van der Waals surface area contributed by atoms with Gasteiger partial charge in [-0.3, -0.25) is 4.90 Å². The molecule has 0 spiro atoms. The van der Waals surface area contributed by atoms with E-state index in [1.165, 1.54) is 5.56 Å². The molecule has 0 radical (unpaired) electrons. The van der Waals surface area contributed by atoms with Gasteiger partial charge in [-0.05, 0) is 25.8 Å². The number of aryl methyl sites for hydroxylation is 1. The van der Waals surface area contributed by atoms with Gasteiger partial charge in [0, 0.05) is 18.2 Å². The molecular formula is C17H23N3O2. The molecule has 22 heavy (non-hydrogen) atoms. The lowest BCUT2D eigenvalue weighted by Crippen LogP contribution is -2.46. The Labute approximate surface area is 131 Å². The molecule has 0 bridgehead atoms. The zero-order valence-electron chi connectivity index (χ0n) is 13.5. The van der Waals surface area contributed by atoms with Crippen LogP contribution in [-0.4, -0.2) is 40.3 Å². The number of benzene rings is 1. The third kappa shape index (κ3) is 3.36. The fourth-order valence-electron chi connectivity index (χ4n) is 2.69. The second-order valence-electron chi connectivity index (χ2n) is 5.98. The largest absolute Gasteiger partial charge is 0.376 e. The van der Waals surface area contributed by atoms with E-state index in [0.29, 0.717) is 24.3 Å².